The summed E-state index contributed by atoms with van der Waals surface area (Å²) in [4.78, 5) is 20.7. The van der Waals surface area contributed by atoms with Crippen LogP contribution in [-0.2, 0) is 14.3 Å². The Bertz CT molecular complexity index is 469. The number of carbonyl (C=O) groups is 1. The van der Waals surface area contributed by atoms with Gasteiger partial charge in [0.05, 0.1) is 31.1 Å². The molecule has 0 spiro atoms. The molecule has 0 radical (unpaired) electrons. The molecule has 8 heteroatoms. The molecule has 21 heavy (non-hydrogen) atoms. The number of carbonyl (C=O) groups excluding carboxylic acids is 1. The van der Waals surface area contributed by atoms with Gasteiger partial charge >= 0.3 is 0 Å². The summed E-state index contributed by atoms with van der Waals surface area (Å²) in [6, 6.07) is -0.181. The Labute approximate surface area is 122 Å². The minimum Gasteiger partial charge on any atom is -0.379 e. The van der Waals surface area contributed by atoms with Crippen molar-refractivity contribution in [2.45, 2.75) is 18.6 Å². The fourth-order valence-corrected chi connectivity index (χ4v) is 1.91. The van der Waals surface area contributed by atoms with Crippen molar-refractivity contribution in [3.8, 4) is 0 Å². The zero-order valence-corrected chi connectivity index (χ0v) is 12.1. The van der Waals surface area contributed by atoms with E-state index in [2.05, 4.69) is 15.3 Å². The van der Waals surface area contributed by atoms with Crippen molar-refractivity contribution in [1.29, 1.82) is 0 Å². The Morgan fingerprint density at radius 2 is 2.24 bits per heavy atom. The van der Waals surface area contributed by atoms with E-state index < -0.39 is 5.82 Å². The van der Waals surface area contributed by atoms with Gasteiger partial charge in [0.1, 0.15) is 6.61 Å². The number of nitrogens with one attached hydrogen (secondary N) is 1. The van der Waals surface area contributed by atoms with Crippen LogP contribution in [0.1, 0.15) is 6.42 Å². The number of amides is 1. The van der Waals surface area contributed by atoms with E-state index in [4.69, 9.17) is 9.47 Å². The van der Waals surface area contributed by atoms with Gasteiger partial charge in [0, 0.05) is 20.7 Å². The average molecular weight is 298 g/mol. The molecule has 1 aromatic rings. The highest BCUT2D eigenvalue weighted by atomic mass is 19.1. The summed E-state index contributed by atoms with van der Waals surface area (Å²) in [7, 11) is 3.36. The standard InChI is InChI=1S/C13H19FN4O3/c1-18(2)12(19)8-21-11-3-4-20-7-10(11)17-13-15-5-9(14)6-16-13/h5-6,10-11H,3-4,7-8H2,1-2H3,(H,15,16,17)/t10-,11+/m1/s1. The molecule has 1 aromatic heterocycles. The van der Waals surface area contributed by atoms with Crippen molar-refractivity contribution < 1.29 is 18.7 Å². The predicted molar refractivity (Wildman–Crippen MR) is 73.3 cm³/mol. The SMILES string of the molecule is CN(C)C(=O)CO[C@H]1CCOC[C@H]1Nc1ncc(F)cn1. The fraction of sp³-hybridized carbons (Fsp3) is 0.615. The monoisotopic (exact) mass is 298 g/mol. The topological polar surface area (TPSA) is 76.6 Å². The van der Waals surface area contributed by atoms with Gasteiger partial charge in [-0.1, -0.05) is 0 Å². The van der Waals surface area contributed by atoms with Gasteiger partial charge < -0.3 is 19.7 Å². The number of nitrogens with zero attached hydrogens (tertiary/aromatic N) is 3. The van der Waals surface area contributed by atoms with Gasteiger partial charge in [-0.3, -0.25) is 4.79 Å². The van der Waals surface area contributed by atoms with Crippen molar-refractivity contribution in [2.24, 2.45) is 0 Å². The maximum atomic E-state index is 12.8. The van der Waals surface area contributed by atoms with Crippen LogP contribution < -0.4 is 5.32 Å². The third kappa shape index (κ3) is 4.61. The molecule has 1 saturated heterocycles. The minimum atomic E-state index is -0.496. The van der Waals surface area contributed by atoms with E-state index in [9.17, 15) is 9.18 Å². The largest absolute Gasteiger partial charge is 0.379 e. The van der Waals surface area contributed by atoms with E-state index in [1.165, 1.54) is 4.90 Å². The van der Waals surface area contributed by atoms with Crippen molar-refractivity contribution >= 4 is 11.9 Å². The lowest BCUT2D eigenvalue weighted by molar-refractivity contribution is -0.138. The number of aromatic nitrogens is 2. The van der Waals surface area contributed by atoms with Crippen molar-refractivity contribution in [1.82, 2.24) is 14.9 Å². The van der Waals surface area contributed by atoms with Crippen LogP contribution in [0, 0.1) is 5.82 Å². The summed E-state index contributed by atoms with van der Waals surface area (Å²) in [6.45, 7) is 1.00. The molecule has 2 heterocycles. The number of halogens is 1. The third-order valence-corrected chi connectivity index (χ3v) is 3.15. The second-order valence-corrected chi connectivity index (χ2v) is 4.98. The summed E-state index contributed by atoms with van der Waals surface area (Å²) in [5, 5.41) is 3.05. The second-order valence-electron chi connectivity index (χ2n) is 4.98. The molecule has 0 aliphatic carbocycles. The smallest absolute Gasteiger partial charge is 0.248 e. The van der Waals surface area contributed by atoms with Crippen LogP contribution in [0.25, 0.3) is 0 Å². The van der Waals surface area contributed by atoms with Crippen LogP contribution in [0.2, 0.25) is 0 Å². The molecule has 0 saturated carbocycles. The van der Waals surface area contributed by atoms with Gasteiger partial charge in [-0.2, -0.15) is 0 Å². The van der Waals surface area contributed by atoms with Gasteiger partial charge in [0.15, 0.2) is 5.82 Å². The van der Waals surface area contributed by atoms with Crippen molar-refractivity contribution in [3.63, 3.8) is 0 Å². The van der Waals surface area contributed by atoms with E-state index in [1.807, 2.05) is 0 Å². The molecule has 1 fully saturated rings. The summed E-state index contributed by atoms with van der Waals surface area (Å²) in [5.41, 5.74) is 0. The first-order valence-corrected chi connectivity index (χ1v) is 6.70. The highest BCUT2D eigenvalue weighted by molar-refractivity contribution is 5.76. The molecule has 2 rings (SSSR count). The quantitative estimate of drug-likeness (QED) is 0.842. The van der Waals surface area contributed by atoms with E-state index >= 15 is 0 Å². The number of anilines is 1. The van der Waals surface area contributed by atoms with Crippen LogP contribution in [0.15, 0.2) is 12.4 Å². The van der Waals surface area contributed by atoms with Crippen LogP contribution in [0.3, 0.4) is 0 Å². The summed E-state index contributed by atoms with van der Waals surface area (Å²) in [6.07, 6.45) is 2.66. The highest BCUT2D eigenvalue weighted by Gasteiger charge is 2.28. The predicted octanol–water partition coefficient (Wildman–Crippen LogP) is 0.290. The molecular formula is C13H19FN4O3. The van der Waals surface area contributed by atoms with E-state index in [1.54, 1.807) is 14.1 Å². The lowest BCUT2D eigenvalue weighted by Crippen LogP contribution is -2.45. The van der Waals surface area contributed by atoms with Gasteiger partial charge in [-0.15, -0.1) is 0 Å². The zero-order chi connectivity index (χ0) is 15.2. The molecule has 1 aliphatic heterocycles. The second kappa shape index (κ2) is 7.28. The van der Waals surface area contributed by atoms with Crippen LogP contribution in [0.5, 0.6) is 0 Å². The van der Waals surface area contributed by atoms with Crippen LogP contribution in [0.4, 0.5) is 10.3 Å². The van der Waals surface area contributed by atoms with E-state index in [0.717, 1.165) is 12.4 Å². The Morgan fingerprint density at radius 3 is 2.90 bits per heavy atom. The van der Waals surface area contributed by atoms with Gasteiger partial charge in [-0.05, 0) is 6.42 Å². The van der Waals surface area contributed by atoms with Gasteiger partial charge in [0.25, 0.3) is 0 Å². The minimum absolute atomic E-state index is 0.0140. The number of likely N-dealkylation sites (N-methyl/N-ethyl adjacent to an activating group) is 1. The molecule has 1 amide bonds. The number of ether oxygens (including phenoxy) is 2. The molecule has 0 unspecified atom stereocenters. The Hall–Kier alpha value is -1.80. The summed E-state index contributed by atoms with van der Waals surface area (Å²) < 4.78 is 23.8. The molecule has 0 aromatic carbocycles. The van der Waals surface area contributed by atoms with Gasteiger partial charge in [0.2, 0.25) is 11.9 Å². The van der Waals surface area contributed by atoms with Crippen LogP contribution in [-0.4, -0.2) is 66.8 Å². The summed E-state index contributed by atoms with van der Waals surface area (Å²) in [5.74, 6) is -0.289. The highest BCUT2D eigenvalue weighted by Crippen LogP contribution is 2.15. The number of rotatable bonds is 5. The Morgan fingerprint density at radius 1 is 1.52 bits per heavy atom. The average Bonchev–Trinajstić information content (AvgIpc) is 2.48. The molecule has 2 atom stereocenters. The van der Waals surface area contributed by atoms with Crippen LogP contribution >= 0.6 is 0 Å². The molecular weight excluding hydrogens is 279 g/mol. The number of hydrogen-bond donors (Lipinski definition) is 1. The lowest BCUT2D eigenvalue weighted by atomic mass is 10.1. The van der Waals surface area contributed by atoms with Crippen molar-refractivity contribution in [2.75, 3.05) is 39.2 Å². The van der Waals surface area contributed by atoms with Crippen molar-refractivity contribution in [3.05, 3.63) is 18.2 Å². The first-order valence-electron chi connectivity index (χ1n) is 6.70. The molecule has 0 bridgehead atoms. The maximum absolute atomic E-state index is 12.8. The first-order chi connectivity index (χ1) is 10.1. The fourth-order valence-electron chi connectivity index (χ4n) is 1.91. The third-order valence-electron chi connectivity index (χ3n) is 3.15. The summed E-state index contributed by atoms with van der Waals surface area (Å²) >= 11 is 0. The van der Waals surface area contributed by atoms with E-state index in [0.29, 0.717) is 25.6 Å². The van der Waals surface area contributed by atoms with E-state index in [-0.39, 0.29) is 24.7 Å². The Kier molecular flexibility index (Phi) is 5.40. The maximum Gasteiger partial charge on any atom is 0.248 e. The number of hydrogen-bond acceptors (Lipinski definition) is 6. The van der Waals surface area contributed by atoms with Gasteiger partial charge in [-0.25, -0.2) is 14.4 Å². The molecule has 1 aliphatic rings. The molecule has 116 valence electrons. The molecule has 7 nitrogen and oxygen atoms in total. The molecule has 1 N–H and O–H groups in total. The normalized spacial score (nSPS) is 21.9. The first kappa shape index (κ1) is 15.6. The Balaban J connectivity index is 1.92. The zero-order valence-electron chi connectivity index (χ0n) is 12.1. The lowest BCUT2D eigenvalue weighted by Gasteiger charge is -2.32.